The van der Waals surface area contributed by atoms with E-state index in [2.05, 4.69) is 4.90 Å². The number of non-ortho nitro benzene ring substituents is 1. The molecule has 26 heavy (non-hydrogen) atoms. The molecular weight excluding hydrogens is 332 g/mol. The van der Waals surface area contributed by atoms with Crippen molar-refractivity contribution in [2.45, 2.75) is 57.5 Å². The van der Waals surface area contributed by atoms with E-state index in [0.29, 0.717) is 11.5 Å². The molecule has 2 atom stereocenters. The van der Waals surface area contributed by atoms with E-state index >= 15 is 0 Å². The van der Waals surface area contributed by atoms with Gasteiger partial charge in [0.05, 0.1) is 10.5 Å². The molecule has 1 saturated heterocycles. The van der Waals surface area contributed by atoms with Crippen molar-refractivity contribution in [1.82, 2.24) is 4.90 Å². The van der Waals surface area contributed by atoms with E-state index in [1.165, 1.54) is 56.4 Å². The van der Waals surface area contributed by atoms with Crippen LogP contribution in [0.3, 0.4) is 0 Å². The summed E-state index contributed by atoms with van der Waals surface area (Å²) in [5.41, 5.74) is 0.371. The van der Waals surface area contributed by atoms with Crippen LogP contribution in [-0.2, 0) is 4.74 Å². The second-order valence-corrected chi connectivity index (χ2v) is 7.51. The van der Waals surface area contributed by atoms with Gasteiger partial charge in [-0.25, -0.2) is 4.79 Å². The number of esters is 1. The molecule has 2 aliphatic rings. The lowest BCUT2D eigenvalue weighted by Crippen LogP contribution is -2.39. The first-order valence-electron chi connectivity index (χ1n) is 9.81. The molecular formula is C20H28N2O4. The number of nitrogens with zero attached hydrogens (tertiary/aromatic N) is 2. The highest BCUT2D eigenvalue weighted by Crippen LogP contribution is 2.28. The highest BCUT2D eigenvalue weighted by atomic mass is 16.6. The zero-order valence-corrected chi connectivity index (χ0v) is 15.3. The first-order valence-corrected chi connectivity index (χ1v) is 9.81. The van der Waals surface area contributed by atoms with Crippen LogP contribution >= 0.6 is 0 Å². The average molecular weight is 360 g/mol. The largest absolute Gasteiger partial charge is 0.458 e. The van der Waals surface area contributed by atoms with Crippen molar-refractivity contribution in [2.24, 2.45) is 5.92 Å². The van der Waals surface area contributed by atoms with Crippen LogP contribution in [0.25, 0.3) is 0 Å². The van der Waals surface area contributed by atoms with Crippen molar-refractivity contribution in [3.05, 3.63) is 39.9 Å². The molecule has 1 aliphatic heterocycles. The number of carbonyl (C=O) groups excluding carboxylic acids is 1. The van der Waals surface area contributed by atoms with Gasteiger partial charge in [0, 0.05) is 24.6 Å². The molecule has 0 bridgehead atoms. The molecule has 0 spiro atoms. The maximum absolute atomic E-state index is 12.5. The monoisotopic (exact) mass is 360 g/mol. The minimum atomic E-state index is -0.463. The minimum absolute atomic E-state index is 0.0148. The lowest BCUT2D eigenvalue weighted by molar-refractivity contribution is -0.384. The van der Waals surface area contributed by atoms with E-state index in [-0.39, 0.29) is 17.8 Å². The Balaban J connectivity index is 1.63. The molecule has 0 amide bonds. The van der Waals surface area contributed by atoms with E-state index in [1.807, 2.05) is 0 Å². The van der Waals surface area contributed by atoms with Crippen molar-refractivity contribution in [3.8, 4) is 0 Å². The Labute approximate surface area is 154 Å². The summed E-state index contributed by atoms with van der Waals surface area (Å²) in [6.45, 7) is 3.32. The van der Waals surface area contributed by atoms with Crippen LogP contribution < -0.4 is 0 Å². The fraction of sp³-hybridized carbons (Fsp3) is 0.650. The first-order chi connectivity index (χ1) is 12.6. The predicted octanol–water partition coefficient (Wildman–Crippen LogP) is 4.19. The number of piperidine rings is 1. The predicted molar refractivity (Wildman–Crippen MR) is 99.2 cm³/mol. The summed E-state index contributed by atoms with van der Waals surface area (Å²) >= 11 is 0. The second-order valence-electron chi connectivity index (χ2n) is 7.51. The third-order valence-corrected chi connectivity index (χ3v) is 5.60. The van der Waals surface area contributed by atoms with Gasteiger partial charge in [0.25, 0.3) is 5.69 Å². The number of hydrogen-bond donors (Lipinski definition) is 0. The summed E-state index contributed by atoms with van der Waals surface area (Å²) in [6, 6.07) is 5.68. The number of hydrogen-bond acceptors (Lipinski definition) is 5. The summed E-state index contributed by atoms with van der Waals surface area (Å²) < 4.78 is 5.88. The van der Waals surface area contributed by atoms with Gasteiger partial charge in [-0.1, -0.05) is 19.3 Å². The lowest BCUT2D eigenvalue weighted by Gasteiger charge is -2.33. The SMILES string of the molecule is O=C(O[C@@H]1CCCCC[C@H]1CN1CCCCC1)c1ccc([N+](=O)[O-])cc1. The summed E-state index contributed by atoms with van der Waals surface area (Å²) in [7, 11) is 0. The average Bonchev–Trinajstić information content (AvgIpc) is 2.88. The lowest BCUT2D eigenvalue weighted by atomic mass is 9.95. The van der Waals surface area contributed by atoms with Gasteiger partial charge in [-0.05, 0) is 57.3 Å². The molecule has 1 saturated carbocycles. The Morgan fingerprint density at radius 1 is 1.04 bits per heavy atom. The van der Waals surface area contributed by atoms with E-state index in [1.54, 1.807) is 0 Å². The van der Waals surface area contributed by atoms with Gasteiger partial charge in [-0.3, -0.25) is 10.1 Å². The van der Waals surface area contributed by atoms with Gasteiger partial charge in [0.15, 0.2) is 0 Å². The molecule has 1 aromatic rings. The van der Waals surface area contributed by atoms with Crippen LogP contribution in [-0.4, -0.2) is 41.5 Å². The zero-order chi connectivity index (χ0) is 18.4. The Morgan fingerprint density at radius 3 is 2.38 bits per heavy atom. The van der Waals surface area contributed by atoms with Crippen molar-refractivity contribution >= 4 is 11.7 Å². The normalized spacial score (nSPS) is 24.6. The van der Waals surface area contributed by atoms with Crippen LogP contribution in [0.5, 0.6) is 0 Å². The molecule has 3 rings (SSSR count). The van der Waals surface area contributed by atoms with Gasteiger partial charge >= 0.3 is 5.97 Å². The standard InChI is InChI=1S/C20H28N2O4/c23-20(16-9-11-18(12-10-16)22(24)25)26-19-8-4-1-3-7-17(19)15-21-13-5-2-6-14-21/h9-12,17,19H,1-8,13-15H2/t17-,19+/m0/s1. The van der Waals surface area contributed by atoms with E-state index in [4.69, 9.17) is 4.74 Å². The zero-order valence-electron chi connectivity index (χ0n) is 15.3. The Morgan fingerprint density at radius 2 is 1.69 bits per heavy atom. The third-order valence-electron chi connectivity index (χ3n) is 5.60. The Hall–Kier alpha value is -1.95. The quantitative estimate of drug-likeness (QED) is 0.341. The number of likely N-dealkylation sites (tertiary alicyclic amines) is 1. The van der Waals surface area contributed by atoms with Gasteiger partial charge < -0.3 is 9.64 Å². The van der Waals surface area contributed by atoms with E-state index in [0.717, 1.165) is 38.9 Å². The fourth-order valence-electron chi connectivity index (χ4n) is 4.11. The van der Waals surface area contributed by atoms with Gasteiger partial charge in [-0.2, -0.15) is 0 Å². The minimum Gasteiger partial charge on any atom is -0.458 e. The van der Waals surface area contributed by atoms with E-state index < -0.39 is 4.92 Å². The smallest absolute Gasteiger partial charge is 0.338 e. The van der Waals surface area contributed by atoms with Crippen LogP contribution in [0.15, 0.2) is 24.3 Å². The van der Waals surface area contributed by atoms with Gasteiger partial charge in [0.1, 0.15) is 6.10 Å². The number of benzene rings is 1. The molecule has 0 aromatic heterocycles. The molecule has 0 N–H and O–H groups in total. The molecule has 0 radical (unpaired) electrons. The molecule has 6 nitrogen and oxygen atoms in total. The number of ether oxygens (including phenoxy) is 1. The molecule has 1 aliphatic carbocycles. The summed E-state index contributed by atoms with van der Waals surface area (Å²) in [5.74, 6) is 0.0213. The van der Waals surface area contributed by atoms with Crippen molar-refractivity contribution in [3.63, 3.8) is 0 Å². The van der Waals surface area contributed by atoms with Gasteiger partial charge in [-0.15, -0.1) is 0 Å². The topological polar surface area (TPSA) is 72.7 Å². The molecule has 142 valence electrons. The number of nitro groups is 1. The van der Waals surface area contributed by atoms with E-state index in [9.17, 15) is 14.9 Å². The highest BCUT2D eigenvalue weighted by Gasteiger charge is 2.29. The number of carbonyl (C=O) groups is 1. The van der Waals surface area contributed by atoms with Crippen molar-refractivity contribution in [1.29, 1.82) is 0 Å². The third kappa shape index (κ3) is 5.04. The molecule has 6 heteroatoms. The first kappa shape index (κ1) is 18.8. The van der Waals surface area contributed by atoms with Gasteiger partial charge in [0.2, 0.25) is 0 Å². The van der Waals surface area contributed by atoms with Crippen molar-refractivity contribution < 1.29 is 14.5 Å². The Bertz CT molecular complexity index is 611. The highest BCUT2D eigenvalue weighted by molar-refractivity contribution is 5.89. The van der Waals surface area contributed by atoms with Crippen LogP contribution in [0, 0.1) is 16.0 Å². The maximum Gasteiger partial charge on any atom is 0.338 e. The van der Waals surface area contributed by atoms with Crippen LogP contribution in [0.1, 0.15) is 61.7 Å². The Kier molecular flexibility index (Phi) is 6.61. The molecule has 0 unspecified atom stereocenters. The van der Waals surface area contributed by atoms with Crippen molar-refractivity contribution in [2.75, 3.05) is 19.6 Å². The summed E-state index contributed by atoms with van der Waals surface area (Å²) in [4.78, 5) is 25.3. The van der Waals surface area contributed by atoms with Crippen LogP contribution in [0.4, 0.5) is 5.69 Å². The molecule has 2 fully saturated rings. The fourth-order valence-corrected chi connectivity index (χ4v) is 4.11. The number of nitro benzene ring substituents is 1. The summed E-state index contributed by atoms with van der Waals surface area (Å²) in [6.07, 6.45) is 9.30. The second kappa shape index (κ2) is 9.12. The molecule has 1 aromatic carbocycles. The summed E-state index contributed by atoms with van der Waals surface area (Å²) in [5, 5.41) is 10.8. The molecule has 1 heterocycles. The van der Waals surface area contributed by atoms with Crippen LogP contribution in [0.2, 0.25) is 0 Å². The number of rotatable bonds is 5. The maximum atomic E-state index is 12.5.